The molecule has 1 aliphatic carbocycles. The Morgan fingerprint density at radius 3 is 2.00 bits per heavy atom. The summed E-state index contributed by atoms with van der Waals surface area (Å²) in [5.41, 5.74) is 3.42. The molecule has 0 aliphatic heterocycles. The molecule has 3 rings (SSSR count). The number of alkyl halides is 4. The second-order valence-corrected chi connectivity index (χ2v) is 7.17. The van der Waals surface area contributed by atoms with E-state index in [1.165, 1.54) is 0 Å². The molecule has 138 valence electrons. The zero-order valence-electron chi connectivity index (χ0n) is 14.1. The van der Waals surface area contributed by atoms with E-state index in [2.05, 4.69) is 15.9 Å². The van der Waals surface area contributed by atoms with Crippen molar-refractivity contribution in [3.63, 3.8) is 0 Å². The van der Waals surface area contributed by atoms with Crippen LogP contribution in [0, 0.1) is 0 Å². The maximum absolute atomic E-state index is 13.2. The van der Waals surface area contributed by atoms with Gasteiger partial charge in [-0.05, 0) is 35.1 Å². The lowest BCUT2D eigenvalue weighted by molar-refractivity contribution is -0.161. The predicted octanol–water partition coefficient (Wildman–Crippen LogP) is 5.36. The summed E-state index contributed by atoms with van der Waals surface area (Å²) in [5, 5.41) is 0.705. The van der Waals surface area contributed by atoms with Crippen molar-refractivity contribution < 1.29 is 18.0 Å². The number of benzene rings is 2. The molecule has 0 fully saturated rings. The quantitative estimate of drug-likeness (QED) is 0.450. The van der Waals surface area contributed by atoms with Crippen LogP contribution in [0.15, 0.2) is 48.5 Å². The van der Waals surface area contributed by atoms with E-state index in [1.54, 1.807) is 0 Å². The zero-order valence-corrected chi connectivity index (χ0v) is 15.7. The number of rotatable bonds is 6. The SMILES string of the molecule is O=C(C1c2ccccc2-c2ccccc21)N(CCCCBr)CC(F)(F)F. The summed E-state index contributed by atoms with van der Waals surface area (Å²) in [6.45, 7) is -1.11. The van der Waals surface area contributed by atoms with Gasteiger partial charge in [0.2, 0.25) is 5.91 Å². The number of halogens is 4. The topological polar surface area (TPSA) is 20.3 Å². The van der Waals surface area contributed by atoms with Crippen LogP contribution in [0.25, 0.3) is 11.1 Å². The van der Waals surface area contributed by atoms with Gasteiger partial charge in [-0.25, -0.2) is 0 Å². The van der Waals surface area contributed by atoms with E-state index in [1.807, 2.05) is 48.5 Å². The lowest BCUT2D eigenvalue weighted by Crippen LogP contribution is -2.42. The fraction of sp³-hybridized carbons (Fsp3) is 0.350. The summed E-state index contributed by atoms with van der Waals surface area (Å²) in [6.07, 6.45) is -3.16. The molecule has 0 heterocycles. The first-order valence-corrected chi connectivity index (χ1v) is 9.64. The van der Waals surface area contributed by atoms with E-state index in [4.69, 9.17) is 0 Å². The Balaban J connectivity index is 1.95. The first-order chi connectivity index (χ1) is 12.4. The first-order valence-electron chi connectivity index (χ1n) is 8.52. The molecule has 6 heteroatoms. The van der Waals surface area contributed by atoms with Gasteiger partial charge >= 0.3 is 6.18 Å². The third-order valence-electron chi connectivity index (χ3n) is 4.57. The highest BCUT2D eigenvalue weighted by atomic mass is 79.9. The first kappa shape index (κ1) is 19.0. The number of amides is 1. The van der Waals surface area contributed by atoms with Crippen LogP contribution in [0.3, 0.4) is 0 Å². The van der Waals surface area contributed by atoms with Crippen LogP contribution in [-0.4, -0.2) is 35.4 Å². The number of hydrogen-bond acceptors (Lipinski definition) is 1. The smallest absolute Gasteiger partial charge is 0.333 e. The molecule has 1 aliphatic rings. The summed E-state index contributed by atoms with van der Waals surface area (Å²) in [5.74, 6) is -1.15. The summed E-state index contributed by atoms with van der Waals surface area (Å²) < 4.78 is 39.2. The van der Waals surface area contributed by atoms with Gasteiger partial charge < -0.3 is 4.90 Å². The van der Waals surface area contributed by atoms with Crippen molar-refractivity contribution in [1.29, 1.82) is 0 Å². The minimum Gasteiger partial charge on any atom is -0.333 e. The molecule has 1 amide bonds. The highest BCUT2D eigenvalue weighted by molar-refractivity contribution is 9.09. The van der Waals surface area contributed by atoms with Crippen molar-refractivity contribution in [3.8, 4) is 11.1 Å². The number of fused-ring (bicyclic) bond motifs is 3. The lowest BCUT2D eigenvalue weighted by atomic mass is 9.95. The Hall–Kier alpha value is -1.82. The zero-order chi connectivity index (χ0) is 18.7. The van der Waals surface area contributed by atoms with Gasteiger partial charge in [-0.1, -0.05) is 64.5 Å². The Labute approximate surface area is 159 Å². The van der Waals surface area contributed by atoms with E-state index < -0.39 is 24.5 Å². The summed E-state index contributed by atoms with van der Waals surface area (Å²) in [6, 6.07) is 14.9. The summed E-state index contributed by atoms with van der Waals surface area (Å²) in [7, 11) is 0. The van der Waals surface area contributed by atoms with E-state index in [-0.39, 0.29) is 6.54 Å². The predicted molar refractivity (Wildman–Crippen MR) is 99.4 cm³/mol. The number of nitrogens with zero attached hydrogens (tertiary/aromatic N) is 1. The van der Waals surface area contributed by atoms with Crippen LogP contribution < -0.4 is 0 Å². The van der Waals surface area contributed by atoms with E-state index in [9.17, 15) is 18.0 Å². The minimum absolute atomic E-state index is 0.102. The highest BCUT2D eigenvalue weighted by Gasteiger charge is 2.39. The van der Waals surface area contributed by atoms with Crippen LogP contribution >= 0.6 is 15.9 Å². The highest BCUT2D eigenvalue weighted by Crippen LogP contribution is 2.45. The van der Waals surface area contributed by atoms with Crippen molar-refractivity contribution in [1.82, 2.24) is 4.90 Å². The number of carbonyl (C=O) groups is 1. The van der Waals surface area contributed by atoms with Crippen LogP contribution in [0.1, 0.15) is 29.9 Å². The number of hydrogen-bond donors (Lipinski definition) is 0. The molecule has 0 N–H and O–H groups in total. The van der Waals surface area contributed by atoms with Crippen molar-refractivity contribution in [2.75, 3.05) is 18.4 Å². The summed E-state index contributed by atoms with van der Waals surface area (Å²) >= 11 is 3.28. The number of unbranched alkanes of at least 4 members (excludes halogenated alkanes) is 1. The third-order valence-corrected chi connectivity index (χ3v) is 5.13. The van der Waals surface area contributed by atoms with Crippen LogP contribution in [0.4, 0.5) is 13.2 Å². The summed E-state index contributed by atoms with van der Waals surface area (Å²) in [4.78, 5) is 14.1. The average molecular weight is 426 g/mol. The van der Waals surface area contributed by atoms with E-state index in [0.717, 1.165) is 33.6 Å². The van der Waals surface area contributed by atoms with Gasteiger partial charge in [-0.15, -0.1) is 0 Å². The lowest BCUT2D eigenvalue weighted by Gasteiger charge is -2.27. The van der Waals surface area contributed by atoms with E-state index >= 15 is 0 Å². The molecule has 0 bridgehead atoms. The molecule has 0 radical (unpaired) electrons. The standard InChI is InChI=1S/C20H19BrF3NO/c21-11-5-6-12-25(13-20(22,23)24)19(26)18-16-9-3-1-7-14(16)15-8-2-4-10-17(15)18/h1-4,7-10,18H,5-6,11-13H2. The van der Waals surface area contributed by atoms with Crippen molar-refractivity contribution >= 4 is 21.8 Å². The maximum atomic E-state index is 13.2. The van der Waals surface area contributed by atoms with Crippen LogP contribution in [-0.2, 0) is 4.79 Å². The van der Waals surface area contributed by atoms with Gasteiger partial charge in [0.25, 0.3) is 0 Å². The molecule has 26 heavy (non-hydrogen) atoms. The largest absolute Gasteiger partial charge is 0.406 e. The normalized spacial score (nSPS) is 13.4. The molecular formula is C20H19BrF3NO. The minimum atomic E-state index is -4.41. The fourth-order valence-corrected chi connectivity index (χ4v) is 3.88. The van der Waals surface area contributed by atoms with Crippen molar-refractivity contribution in [2.24, 2.45) is 0 Å². The van der Waals surface area contributed by atoms with Crippen LogP contribution in [0.5, 0.6) is 0 Å². The Morgan fingerprint density at radius 2 is 1.50 bits per heavy atom. The monoisotopic (exact) mass is 425 g/mol. The number of carbonyl (C=O) groups excluding carboxylic acids is 1. The van der Waals surface area contributed by atoms with Crippen molar-refractivity contribution in [2.45, 2.75) is 24.9 Å². The van der Waals surface area contributed by atoms with Gasteiger partial charge in [0, 0.05) is 11.9 Å². The van der Waals surface area contributed by atoms with Gasteiger partial charge in [-0.3, -0.25) is 4.79 Å². The van der Waals surface area contributed by atoms with E-state index in [0.29, 0.717) is 11.8 Å². The Bertz CT molecular complexity index is 745. The fourth-order valence-electron chi connectivity index (χ4n) is 3.48. The molecule has 0 unspecified atom stereocenters. The second-order valence-electron chi connectivity index (χ2n) is 6.38. The molecule has 2 nitrogen and oxygen atoms in total. The second kappa shape index (κ2) is 7.82. The molecular weight excluding hydrogens is 407 g/mol. The molecule has 0 aromatic heterocycles. The average Bonchev–Trinajstić information content (AvgIpc) is 2.94. The van der Waals surface area contributed by atoms with Gasteiger partial charge in [0.15, 0.2) is 0 Å². The van der Waals surface area contributed by atoms with Gasteiger partial charge in [0.1, 0.15) is 6.54 Å². The molecule has 2 aromatic carbocycles. The van der Waals surface area contributed by atoms with Crippen LogP contribution in [0.2, 0.25) is 0 Å². The Morgan fingerprint density at radius 1 is 0.962 bits per heavy atom. The molecule has 0 saturated heterocycles. The third kappa shape index (κ3) is 3.95. The molecule has 0 spiro atoms. The molecule has 0 saturated carbocycles. The maximum Gasteiger partial charge on any atom is 0.406 e. The van der Waals surface area contributed by atoms with Gasteiger partial charge in [-0.2, -0.15) is 13.2 Å². The molecule has 2 aromatic rings. The Kier molecular flexibility index (Phi) is 5.70. The van der Waals surface area contributed by atoms with Crippen molar-refractivity contribution in [3.05, 3.63) is 59.7 Å². The van der Waals surface area contributed by atoms with Gasteiger partial charge in [0.05, 0.1) is 5.92 Å². The molecule has 0 atom stereocenters.